The second kappa shape index (κ2) is 6.04. The Morgan fingerprint density at radius 1 is 1.39 bits per heavy atom. The Hall–Kier alpha value is -0.580. The number of nitrogens with two attached hydrogens (primary N) is 1. The lowest BCUT2D eigenvalue weighted by Gasteiger charge is -2.37. The summed E-state index contributed by atoms with van der Waals surface area (Å²) >= 11 is 3.60. The van der Waals surface area contributed by atoms with E-state index < -0.39 is 0 Å². The summed E-state index contributed by atoms with van der Waals surface area (Å²) in [5, 5.41) is 10.1. The summed E-state index contributed by atoms with van der Waals surface area (Å²) < 4.78 is 1.05. The first kappa shape index (κ1) is 13.8. The molecule has 3 nitrogen and oxygen atoms in total. The molecule has 0 aliphatic heterocycles. The van der Waals surface area contributed by atoms with Gasteiger partial charge in [-0.3, -0.25) is 0 Å². The maximum atomic E-state index is 10.1. The number of benzene rings is 1. The van der Waals surface area contributed by atoms with Crippen LogP contribution in [-0.2, 0) is 6.54 Å². The van der Waals surface area contributed by atoms with Gasteiger partial charge in [0.05, 0.1) is 17.8 Å². The first-order chi connectivity index (χ1) is 8.63. The maximum Gasteiger partial charge on any atom is 0.0743 e. The van der Waals surface area contributed by atoms with E-state index in [0.717, 1.165) is 35.0 Å². The molecule has 0 bridgehead atoms. The predicted octanol–water partition coefficient (Wildman–Crippen LogP) is 2.65. The van der Waals surface area contributed by atoms with Gasteiger partial charge >= 0.3 is 0 Å². The van der Waals surface area contributed by atoms with Crippen molar-refractivity contribution < 1.29 is 5.11 Å². The lowest BCUT2D eigenvalue weighted by Crippen LogP contribution is -2.43. The first-order valence-electron chi connectivity index (χ1n) is 6.53. The summed E-state index contributed by atoms with van der Waals surface area (Å²) in [7, 11) is 2.06. The zero-order valence-corrected chi connectivity index (χ0v) is 12.4. The molecule has 1 saturated carbocycles. The zero-order valence-electron chi connectivity index (χ0n) is 10.8. The van der Waals surface area contributed by atoms with Crippen molar-refractivity contribution in [2.24, 2.45) is 5.73 Å². The summed E-state index contributed by atoms with van der Waals surface area (Å²) in [6.07, 6.45) is 4.09. The lowest BCUT2D eigenvalue weighted by molar-refractivity contribution is 0.106. The van der Waals surface area contributed by atoms with Crippen LogP contribution in [0.2, 0.25) is 0 Å². The highest BCUT2D eigenvalue weighted by atomic mass is 79.9. The summed E-state index contributed by atoms with van der Waals surface area (Å²) in [5.41, 5.74) is 7.87. The minimum Gasteiger partial charge on any atom is -0.391 e. The number of halogens is 1. The summed E-state index contributed by atoms with van der Waals surface area (Å²) in [6, 6.07) is 6.40. The summed E-state index contributed by atoms with van der Waals surface area (Å²) in [4.78, 5) is 2.19. The van der Waals surface area contributed by atoms with Crippen LogP contribution in [0.4, 0.5) is 5.69 Å². The Labute approximate surface area is 117 Å². The Balaban J connectivity index is 2.19. The molecule has 0 aromatic heterocycles. The topological polar surface area (TPSA) is 49.5 Å². The first-order valence-corrected chi connectivity index (χ1v) is 7.32. The molecule has 1 aromatic carbocycles. The van der Waals surface area contributed by atoms with Crippen molar-refractivity contribution in [3.63, 3.8) is 0 Å². The molecule has 4 heteroatoms. The number of aliphatic hydroxyl groups is 1. The van der Waals surface area contributed by atoms with Crippen LogP contribution in [0.1, 0.15) is 31.2 Å². The van der Waals surface area contributed by atoms with Gasteiger partial charge in [-0.2, -0.15) is 0 Å². The maximum absolute atomic E-state index is 10.1. The second-order valence-electron chi connectivity index (χ2n) is 5.02. The van der Waals surface area contributed by atoms with Crippen molar-refractivity contribution in [1.29, 1.82) is 0 Å². The molecule has 3 N–H and O–H groups in total. The lowest BCUT2D eigenvalue weighted by atomic mass is 9.91. The van der Waals surface area contributed by atoms with E-state index in [2.05, 4.69) is 40.0 Å². The third-order valence-corrected chi connectivity index (χ3v) is 4.45. The van der Waals surface area contributed by atoms with Crippen LogP contribution >= 0.6 is 15.9 Å². The standard InChI is InChI=1S/C14H21BrN2O/c1-17(13-4-2-3-5-14(13)18)12-7-6-10(9-16)8-11(12)15/h6-8,13-14,18H,2-5,9,16H2,1H3. The molecule has 2 unspecified atom stereocenters. The second-order valence-corrected chi connectivity index (χ2v) is 5.87. The monoisotopic (exact) mass is 312 g/mol. The van der Waals surface area contributed by atoms with Gasteiger partial charge in [0.15, 0.2) is 0 Å². The van der Waals surface area contributed by atoms with Gasteiger partial charge in [0.2, 0.25) is 0 Å². The quantitative estimate of drug-likeness (QED) is 0.902. The number of anilines is 1. The Kier molecular flexibility index (Phi) is 4.65. The van der Waals surface area contributed by atoms with Crippen LogP contribution < -0.4 is 10.6 Å². The molecule has 1 aromatic rings. The molecule has 0 heterocycles. The molecule has 18 heavy (non-hydrogen) atoms. The van der Waals surface area contributed by atoms with Gasteiger partial charge in [0.25, 0.3) is 0 Å². The van der Waals surface area contributed by atoms with Gasteiger partial charge in [-0.15, -0.1) is 0 Å². The molecule has 100 valence electrons. The third-order valence-electron chi connectivity index (χ3n) is 3.82. The van der Waals surface area contributed by atoms with E-state index in [0.29, 0.717) is 6.54 Å². The number of hydrogen-bond acceptors (Lipinski definition) is 3. The molecular weight excluding hydrogens is 292 g/mol. The van der Waals surface area contributed by atoms with E-state index in [-0.39, 0.29) is 12.1 Å². The average Bonchev–Trinajstić information content (AvgIpc) is 2.38. The van der Waals surface area contributed by atoms with Gasteiger partial charge in [0.1, 0.15) is 0 Å². The molecular formula is C14H21BrN2O. The number of aliphatic hydroxyl groups excluding tert-OH is 1. The smallest absolute Gasteiger partial charge is 0.0743 e. The van der Waals surface area contributed by atoms with Gasteiger partial charge in [-0.05, 0) is 46.5 Å². The SMILES string of the molecule is CN(c1ccc(CN)cc1Br)C1CCCCC1O. The molecule has 1 fully saturated rings. The van der Waals surface area contributed by atoms with Crippen molar-refractivity contribution >= 4 is 21.6 Å². The van der Waals surface area contributed by atoms with E-state index in [1.54, 1.807) is 0 Å². The van der Waals surface area contributed by atoms with E-state index >= 15 is 0 Å². The van der Waals surface area contributed by atoms with Crippen LogP contribution in [0, 0.1) is 0 Å². The zero-order chi connectivity index (χ0) is 13.1. The highest BCUT2D eigenvalue weighted by Gasteiger charge is 2.27. The van der Waals surface area contributed by atoms with Crippen molar-refractivity contribution in [2.45, 2.75) is 44.4 Å². The van der Waals surface area contributed by atoms with Crippen LogP contribution in [0.5, 0.6) is 0 Å². The normalized spacial score (nSPS) is 24.0. The Morgan fingerprint density at radius 2 is 2.11 bits per heavy atom. The molecule has 2 rings (SSSR count). The Bertz CT molecular complexity index is 411. The predicted molar refractivity (Wildman–Crippen MR) is 78.7 cm³/mol. The van der Waals surface area contributed by atoms with E-state index in [1.807, 2.05) is 6.07 Å². The van der Waals surface area contributed by atoms with E-state index in [1.165, 1.54) is 6.42 Å². The van der Waals surface area contributed by atoms with Crippen molar-refractivity contribution in [3.8, 4) is 0 Å². The van der Waals surface area contributed by atoms with Crippen LogP contribution in [0.15, 0.2) is 22.7 Å². The van der Waals surface area contributed by atoms with Gasteiger partial charge in [-0.25, -0.2) is 0 Å². The van der Waals surface area contributed by atoms with E-state index in [9.17, 15) is 5.11 Å². The molecule has 2 atom stereocenters. The van der Waals surface area contributed by atoms with E-state index in [4.69, 9.17) is 5.73 Å². The van der Waals surface area contributed by atoms with Crippen LogP contribution in [0.3, 0.4) is 0 Å². The highest BCUT2D eigenvalue weighted by Crippen LogP contribution is 2.32. The minimum absolute atomic E-state index is 0.218. The van der Waals surface area contributed by atoms with Gasteiger partial charge < -0.3 is 15.7 Å². The summed E-state index contributed by atoms with van der Waals surface area (Å²) in [5.74, 6) is 0. The highest BCUT2D eigenvalue weighted by molar-refractivity contribution is 9.10. The number of nitrogens with zero attached hydrogens (tertiary/aromatic N) is 1. The van der Waals surface area contributed by atoms with Crippen molar-refractivity contribution in [3.05, 3.63) is 28.2 Å². The van der Waals surface area contributed by atoms with Gasteiger partial charge in [-0.1, -0.05) is 18.9 Å². The fourth-order valence-electron chi connectivity index (χ4n) is 2.69. The summed E-state index contributed by atoms with van der Waals surface area (Å²) in [6.45, 7) is 0.550. The number of rotatable bonds is 3. The molecule has 1 aliphatic carbocycles. The fraction of sp³-hybridized carbons (Fsp3) is 0.571. The third kappa shape index (κ3) is 2.87. The molecule has 0 spiro atoms. The fourth-order valence-corrected chi connectivity index (χ4v) is 3.39. The van der Waals surface area contributed by atoms with Crippen LogP contribution in [0.25, 0.3) is 0 Å². The van der Waals surface area contributed by atoms with Crippen LogP contribution in [-0.4, -0.2) is 24.3 Å². The average molecular weight is 313 g/mol. The largest absolute Gasteiger partial charge is 0.391 e. The molecule has 0 radical (unpaired) electrons. The molecule has 0 amide bonds. The number of likely N-dealkylation sites (N-methyl/N-ethyl adjacent to an activating group) is 1. The molecule has 0 saturated heterocycles. The number of hydrogen-bond donors (Lipinski definition) is 2. The van der Waals surface area contributed by atoms with Crippen molar-refractivity contribution in [1.82, 2.24) is 0 Å². The minimum atomic E-state index is -0.218. The molecule has 1 aliphatic rings. The van der Waals surface area contributed by atoms with Crippen molar-refractivity contribution in [2.75, 3.05) is 11.9 Å². The Morgan fingerprint density at radius 3 is 2.72 bits per heavy atom. The van der Waals surface area contributed by atoms with Gasteiger partial charge in [0, 0.05) is 18.1 Å².